The predicted octanol–water partition coefficient (Wildman–Crippen LogP) is 4.83. The summed E-state index contributed by atoms with van der Waals surface area (Å²) in [6, 6.07) is 12.9. The molecule has 0 saturated heterocycles. The molecule has 3 aromatic heterocycles. The third-order valence-electron chi connectivity index (χ3n) is 5.65. The second-order valence-electron chi connectivity index (χ2n) is 8.09. The highest BCUT2D eigenvalue weighted by Crippen LogP contribution is 2.36. The second-order valence-corrected chi connectivity index (χ2v) is 9.29. The Morgan fingerprint density at radius 1 is 1.13 bits per heavy atom. The molecule has 30 heavy (non-hydrogen) atoms. The molecule has 0 atom stereocenters. The predicted molar refractivity (Wildman–Crippen MR) is 122 cm³/mol. The maximum absolute atomic E-state index is 13.1. The summed E-state index contributed by atoms with van der Waals surface area (Å²) in [5.74, 6) is 0.736. The summed E-state index contributed by atoms with van der Waals surface area (Å²) in [5.41, 5.74) is 4.41. The summed E-state index contributed by atoms with van der Waals surface area (Å²) in [7, 11) is 0. The minimum absolute atomic E-state index is 0.0490. The summed E-state index contributed by atoms with van der Waals surface area (Å²) in [4.78, 5) is 29.6. The average molecular weight is 417 g/mol. The van der Waals surface area contributed by atoms with Crippen molar-refractivity contribution in [3.8, 4) is 11.1 Å². The molecule has 1 saturated carbocycles. The van der Waals surface area contributed by atoms with Gasteiger partial charge in [-0.25, -0.2) is 4.98 Å². The molecule has 5 nitrogen and oxygen atoms in total. The van der Waals surface area contributed by atoms with Crippen LogP contribution >= 0.6 is 11.3 Å². The van der Waals surface area contributed by atoms with Crippen molar-refractivity contribution in [3.05, 3.63) is 81.0 Å². The lowest BCUT2D eigenvalue weighted by Gasteiger charge is -2.21. The van der Waals surface area contributed by atoms with Gasteiger partial charge in [0.15, 0.2) is 0 Å². The number of benzene rings is 1. The number of nitrogens with one attached hydrogen (secondary N) is 1. The molecule has 5 rings (SSSR count). The SMILES string of the molecule is Cc1ccc(-c2c(C)sc3nc(CN(Cc4cccnc4)C4CC4)[nH]c(=O)c23)cc1. The number of thiophene rings is 1. The largest absolute Gasteiger partial charge is 0.309 e. The van der Waals surface area contributed by atoms with Gasteiger partial charge < -0.3 is 4.98 Å². The first kappa shape index (κ1) is 19.2. The van der Waals surface area contributed by atoms with Crippen LogP contribution < -0.4 is 5.56 Å². The lowest BCUT2D eigenvalue weighted by atomic mass is 10.0. The normalized spacial score (nSPS) is 14.0. The van der Waals surface area contributed by atoms with E-state index in [0.29, 0.717) is 18.0 Å². The van der Waals surface area contributed by atoms with E-state index in [1.807, 2.05) is 12.3 Å². The van der Waals surface area contributed by atoms with Gasteiger partial charge in [-0.2, -0.15) is 0 Å². The van der Waals surface area contributed by atoms with Crippen LogP contribution in [0, 0.1) is 13.8 Å². The van der Waals surface area contributed by atoms with Crippen molar-refractivity contribution in [1.29, 1.82) is 0 Å². The van der Waals surface area contributed by atoms with E-state index in [9.17, 15) is 4.79 Å². The molecule has 1 fully saturated rings. The maximum Gasteiger partial charge on any atom is 0.260 e. The molecular weight excluding hydrogens is 392 g/mol. The number of H-pyrrole nitrogens is 1. The first-order valence-electron chi connectivity index (χ1n) is 10.3. The highest BCUT2D eigenvalue weighted by Gasteiger charge is 2.30. The van der Waals surface area contributed by atoms with Crippen molar-refractivity contribution in [2.45, 2.75) is 45.8 Å². The van der Waals surface area contributed by atoms with Gasteiger partial charge in [-0.3, -0.25) is 14.7 Å². The molecule has 6 heteroatoms. The van der Waals surface area contributed by atoms with Crippen LogP contribution in [0.3, 0.4) is 0 Å². The summed E-state index contributed by atoms with van der Waals surface area (Å²) >= 11 is 1.60. The van der Waals surface area contributed by atoms with Gasteiger partial charge in [0.1, 0.15) is 10.7 Å². The van der Waals surface area contributed by atoms with E-state index in [-0.39, 0.29) is 5.56 Å². The van der Waals surface area contributed by atoms with E-state index in [2.05, 4.69) is 59.0 Å². The van der Waals surface area contributed by atoms with E-state index in [1.54, 1.807) is 17.5 Å². The van der Waals surface area contributed by atoms with E-state index in [4.69, 9.17) is 4.98 Å². The first-order chi connectivity index (χ1) is 14.6. The summed E-state index contributed by atoms with van der Waals surface area (Å²) in [5, 5.41) is 0.704. The minimum Gasteiger partial charge on any atom is -0.309 e. The van der Waals surface area contributed by atoms with E-state index >= 15 is 0 Å². The lowest BCUT2D eigenvalue weighted by Crippen LogP contribution is -2.27. The Bertz CT molecular complexity index is 1240. The Labute approximate surface area is 179 Å². The van der Waals surface area contributed by atoms with Gasteiger partial charge in [-0.15, -0.1) is 11.3 Å². The van der Waals surface area contributed by atoms with Crippen LogP contribution in [0.4, 0.5) is 0 Å². The number of aromatic nitrogens is 3. The lowest BCUT2D eigenvalue weighted by molar-refractivity contribution is 0.239. The number of hydrogen-bond acceptors (Lipinski definition) is 5. The molecule has 0 amide bonds. The van der Waals surface area contributed by atoms with Gasteiger partial charge in [-0.05, 0) is 43.9 Å². The Morgan fingerprint density at radius 3 is 2.63 bits per heavy atom. The quantitative estimate of drug-likeness (QED) is 0.489. The molecule has 4 aromatic rings. The fraction of sp³-hybridized carbons (Fsp3) is 0.292. The third kappa shape index (κ3) is 3.80. The standard InChI is InChI=1S/C24H24N4OS/c1-15-5-7-18(8-6-15)21-16(2)30-24-22(21)23(29)26-20(27-24)14-28(19-9-10-19)13-17-4-3-11-25-12-17/h3-8,11-12,19H,9-10,13-14H2,1-2H3,(H,26,27,29). The van der Waals surface area contributed by atoms with Gasteiger partial charge >= 0.3 is 0 Å². The molecule has 0 radical (unpaired) electrons. The zero-order chi connectivity index (χ0) is 20.7. The molecule has 152 valence electrons. The zero-order valence-corrected chi connectivity index (χ0v) is 18.0. The summed E-state index contributed by atoms with van der Waals surface area (Å²) in [6.45, 7) is 5.60. The summed E-state index contributed by atoms with van der Waals surface area (Å²) < 4.78 is 0. The summed E-state index contributed by atoms with van der Waals surface area (Å²) in [6.07, 6.45) is 6.10. The maximum atomic E-state index is 13.1. The van der Waals surface area contributed by atoms with Crippen LogP contribution in [0.5, 0.6) is 0 Å². The number of pyridine rings is 1. The molecule has 0 spiro atoms. The molecule has 3 heterocycles. The number of nitrogens with zero attached hydrogens (tertiary/aromatic N) is 3. The molecule has 0 bridgehead atoms. The minimum atomic E-state index is -0.0490. The monoisotopic (exact) mass is 416 g/mol. The number of hydrogen-bond donors (Lipinski definition) is 1. The highest BCUT2D eigenvalue weighted by atomic mass is 32.1. The van der Waals surface area contributed by atoms with Gasteiger partial charge in [0, 0.05) is 35.4 Å². The topological polar surface area (TPSA) is 61.9 Å². The van der Waals surface area contributed by atoms with Crippen molar-refractivity contribution in [1.82, 2.24) is 19.9 Å². The smallest absolute Gasteiger partial charge is 0.260 e. The number of aromatic amines is 1. The third-order valence-corrected chi connectivity index (χ3v) is 6.65. The molecule has 1 aliphatic carbocycles. The first-order valence-corrected chi connectivity index (χ1v) is 11.1. The number of rotatable bonds is 6. The zero-order valence-electron chi connectivity index (χ0n) is 17.2. The molecule has 0 unspecified atom stereocenters. The Balaban J connectivity index is 1.49. The molecule has 1 N–H and O–H groups in total. The van der Waals surface area contributed by atoms with E-state index in [0.717, 1.165) is 33.2 Å². The van der Waals surface area contributed by atoms with Gasteiger partial charge in [0.2, 0.25) is 0 Å². The van der Waals surface area contributed by atoms with Crippen LogP contribution in [0.15, 0.2) is 53.6 Å². The Kier molecular flexibility index (Phi) is 4.97. The number of fused-ring (bicyclic) bond motifs is 1. The molecule has 1 aromatic carbocycles. The number of aryl methyl sites for hydroxylation is 2. The molecule has 0 aliphatic heterocycles. The average Bonchev–Trinajstić information content (AvgIpc) is 3.52. The van der Waals surface area contributed by atoms with Crippen molar-refractivity contribution in [3.63, 3.8) is 0 Å². The van der Waals surface area contributed by atoms with Crippen molar-refractivity contribution >= 4 is 21.6 Å². The van der Waals surface area contributed by atoms with Crippen LogP contribution in [0.2, 0.25) is 0 Å². The Hall–Kier alpha value is -2.83. The fourth-order valence-electron chi connectivity index (χ4n) is 3.98. The van der Waals surface area contributed by atoms with Crippen molar-refractivity contribution in [2.24, 2.45) is 0 Å². The van der Waals surface area contributed by atoms with Crippen molar-refractivity contribution in [2.75, 3.05) is 0 Å². The van der Waals surface area contributed by atoms with Gasteiger partial charge in [-0.1, -0.05) is 35.9 Å². The molecular formula is C24H24N4OS. The van der Waals surface area contributed by atoms with Crippen LogP contribution in [-0.2, 0) is 13.1 Å². The van der Waals surface area contributed by atoms with Crippen LogP contribution in [-0.4, -0.2) is 25.9 Å². The van der Waals surface area contributed by atoms with E-state index in [1.165, 1.54) is 24.0 Å². The highest BCUT2D eigenvalue weighted by molar-refractivity contribution is 7.19. The second kappa shape index (κ2) is 7.78. The van der Waals surface area contributed by atoms with Gasteiger partial charge in [0.25, 0.3) is 5.56 Å². The fourth-order valence-corrected chi connectivity index (χ4v) is 5.04. The molecule has 1 aliphatic rings. The van der Waals surface area contributed by atoms with Crippen LogP contribution in [0.1, 0.15) is 34.7 Å². The van der Waals surface area contributed by atoms with E-state index < -0.39 is 0 Å². The Morgan fingerprint density at radius 2 is 1.93 bits per heavy atom. The van der Waals surface area contributed by atoms with Crippen molar-refractivity contribution < 1.29 is 0 Å². The van der Waals surface area contributed by atoms with Crippen LogP contribution in [0.25, 0.3) is 21.3 Å². The van der Waals surface area contributed by atoms with Gasteiger partial charge in [0.05, 0.1) is 11.9 Å².